The Morgan fingerprint density at radius 3 is 2.86 bits per heavy atom. The molecule has 21 heavy (non-hydrogen) atoms. The van der Waals surface area contributed by atoms with E-state index >= 15 is 0 Å². The standard InChI is InChI=1S/C16H17N3O2/c1-3-19-15(14(21-2)10-18-19)16(20)12-8-9-17-13-7-5-4-6-11(12)13/h4-10,16,20H,3H2,1-2H3. The molecule has 0 spiro atoms. The number of aliphatic hydroxyl groups excluding tert-OH is 1. The number of rotatable bonds is 4. The zero-order valence-corrected chi connectivity index (χ0v) is 12.0. The smallest absolute Gasteiger partial charge is 0.163 e. The summed E-state index contributed by atoms with van der Waals surface area (Å²) in [6, 6.07) is 9.59. The Bertz CT molecular complexity index is 740. The van der Waals surface area contributed by atoms with Gasteiger partial charge in [-0.3, -0.25) is 9.67 Å². The third-order valence-electron chi connectivity index (χ3n) is 3.60. The molecule has 1 atom stereocenters. The van der Waals surface area contributed by atoms with Gasteiger partial charge in [-0.15, -0.1) is 0 Å². The molecular formula is C16H17N3O2. The number of pyridine rings is 1. The van der Waals surface area contributed by atoms with E-state index in [1.807, 2.05) is 37.3 Å². The molecule has 5 nitrogen and oxygen atoms in total. The van der Waals surface area contributed by atoms with Crippen LogP contribution >= 0.6 is 0 Å². The van der Waals surface area contributed by atoms with Gasteiger partial charge in [0, 0.05) is 18.1 Å². The van der Waals surface area contributed by atoms with Crippen molar-refractivity contribution in [2.24, 2.45) is 0 Å². The van der Waals surface area contributed by atoms with Crippen LogP contribution in [0.2, 0.25) is 0 Å². The first-order valence-electron chi connectivity index (χ1n) is 6.87. The fourth-order valence-electron chi connectivity index (χ4n) is 2.57. The number of ether oxygens (including phenoxy) is 1. The number of aryl methyl sites for hydroxylation is 1. The highest BCUT2D eigenvalue weighted by molar-refractivity contribution is 5.82. The fraction of sp³-hybridized carbons (Fsp3) is 0.250. The Morgan fingerprint density at radius 1 is 1.29 bits per heavy atom. The number of aromatic nitrogens is 3. The van der Waals surface area contributed by atoms with Crippen molar-refractivity contribution in [3.8, 4) is 5.75 Å². The average molecular weight is 283 g/mol. The molecule has 0 amide bonds. The first kappa shape index (κ1) is 13.6. The van der Waals surface area contributed by atoms with E-state index < -0.39 is 6.10 Å². The summed E-state index contributed by atoms with van der Waals surface area (Å²) in [4.78, 5) is 4.33. The third kappa shape index (κ3) is 2.25. The minimum absolute atomic E-state index is 0.588. The van der Waals surface area contributed by atoms with E-state index in [0.29, 0.717) is 18.0 Å². The Hall–Kier alpha value is -2.40. The summed E-state index contributed by atoms with van der Waals surface area (Å²) in [6.07, 6.45) is 2.53. The molecule has 0 aliphatic rings. The largest absolute Gasteiger partial charge is 0.493 e. The van der Waals surface area contributed by atoms with Gasteiger partial charge in [0.1, 0.15) is 11.8 Å². The summed E-state index contributed by atoms with van der Waals surface area (Å²) in [5.41, 5.74) is 2.32. The Kier molecular flexibility index (Phi) is 3.58. The molecule has 0 saturated carbocycles. The summed E-state index contributed by atoms with van der Waals surface area (Å²) < 4.78 is 7.07. The highest BCUT2D eigenvalue weighted by Gasteiger charge is 2.22. The van der Waals surface area contributed by atoms with Crippen LogP contribution in [0.5, 0.6) is 5.75 Å². The van der Waals surface area contributed by atoms with Crippen molar-refractivity contribution in [3.63, 3.8) is 0 Å². The maximum absolute atomic E-state index is 10.8. The van der Waals surface area contributed by atoms with Gasteiger partial charge in [-0.1, -0.05) is 18.2 Å². The minimum Gasteiger partial charge on any atom is -0.493 e. The molecule has 1 aromatic carbocycles. The van der Waals surface area contributed by atoms with Gasteiger partial charge in [0.25, 0.3) is 0 Å². The van der Waals surface area contributed by atoms with E-state index in [9.17, 15) is 5.11 Å². The second kappa shape index (κ2) is 5.54. The van der Waals surface area contributed by atoms with Crippen LogP contribution < -0.4 is 4.74 Å². The SMILES string of the molecule is CCn1ncc(OC)c1C(O)c1ccnc2ccccc12. The molecule has 5 heteroatoms. The zero-order valence-electron chi connectivity index (χ0n) is 12.0. The van der Waals surface area contributed by atoms with Crippen molar-refractivity contribution in [2.75, 3.05) is 7.11 Å². The van der Waals surface area contributed by atoms with Gasteiger partial charge in [0.15, 0.2) is 5.75 Å². The number of fused-ring (bicyclic) bond motifs is 1. The summed E-state index contributed by atoms with van der Waals surface area (Å²) in [6.45, 7) is 2.64. The van der Waals surface area contributed by atoms with Gasteiger partial charge in [-0.05, 0) is 24.6 Å². The van der Waals surface area contributed by atoms with Crippen LogP contribution in [0.3, 0.4) is 0 Å². The molecule has 2 aromatic heterocycles. The first-order valence-corrected chi connectivity index (χ1v) is 6.87. The van der Waals surface area contributed by atoms with E-state index in [4.69, 9.17) is 4.74 Å². The van der Waals surface area contributed by atoms with Crippen LogP contribution in [-0.2, 0) is 6.54 Å². The summed E-state index contributed by atoms with van der Waals surface area (Å²) >= 11 is 0. The molecule has 2 heterocycles. The summed E-state index contributed by atoms with van der Waals surface area (Å²) in [7, 11) is 1.58. The van der Waals surface area contributed by atoms with Crippen LogP contribution in [0.1, 0.15) is 24.3 Å². The van der Waals surface area contributed by atoms with Gasteiger partial charge in [0.2, 0.25) is 0 Å². The normalized spacial score (nSPS) is 12.5. The Balaban J connectivity index is 2.17. The molecule has 0 saturated heterocycles. The van der Waals surface area contributed by atoms with Crippen LogP contribution in [0.25, 0.3) is 10.9 Å². The van der Waals surface area contributed by atoms with Gasteiger partial charge in [0.05, 0.1) is 18.8 Å². The summed E-state index contributed by atoms with van der Waals surface area (Å²) in [5.74, 6) is 0.588. The maximum Gasteiger partial charge on any atom is 0.163 e. The van der Waals surface area contributed by atoms with E-state index in [1.165, 1.54) is 0 Å². The first-order chi connectivity index (χ1) is 10.3. The lowest BCUT2D eigenvalue weighted by Gasteiger charge is -2.16. The Labute approximate surface area is 122 Å². The number of aliphatic hydroxyl groups is 1. The molecule has 108 valence electrons. The second-order valence-corrected chi connectivity index (χ2v) is 4.73. The predicted octanol–water partition coefficient (Wildman–Crippen LogP) is 2.54. The van der Waals surface area contributed by atoms with Gasteiger partial charge in [-0.25, -0.2) is 0 Å². The number of para-hydroxylation sites is 1. The lowest BCUT2D eigenvalue weighted by Crippen LogP contribution is -2.10. The highest BCUT2D eigenvalue weighted by Crippen LogP contribution is 2.33. The molecule has 0 radical (unpaired) electrons. The fourth-order valence-corrected chi connectivity index (χ4v) is 2.57. The molecule has 0 fully saturated rings. The van der Waals surface area contributed by atoms with Crippen LogP contribution in [0, 0.1) is 0 Å². The van der Waals surface area contributed by atoms with Crippen molar-refractivity contribution in [1.29, 1.82) is 0 Å². The third-order valence-corrected chi connectivity index (χ3v) is 3.60. The molecule has 0 aliphatic carbocycles. The van der Waals surface area contributed by atoms with E-state index in [0.717, 1.165) is 16.5 Å². The molecule has 1 N–H and O–H groups in total. The second-order valence-electron chi connectivity index (χ2n) is 4.73. The summed E-state index contributed by atoms with van der Waals surface area (Å²) in [5, 5.41) is 16.0. The molecule has 0 bridgehead atoms. The van der Waals surface area contributed by atoms with Crippen molar-refractivity contribution >= 4 is 10.9 Å². The van der Waals surface area contributed by atoms with Crippen molar-refractivity contribution in [2.45, 2.75) is 19.6 Å². The van der Waals surface area contributed by atoms with E-state index in [-0.39, 0.29) is 0 Å². The molecule has 1 unspecified atom stereocenters. The lowest BCUT2D eigenvalue weighted by molar-refractivity contribution is 0.204. The maximum atomic E-state index is 10.8. The van der Waals surface area contributed by atoms with Crippen molar-refractivity contribution < 1.29 is 9.84 Å². The zero-order chi connectivity index (χ0) is 14.8. The van der Waals surface area contributed by atoms with Crippen LogP contribution in [0.4, 0.5) is 0 Å². The van der Waals surface area contributed by atoms with Gasteiger partial charge in [-0.2, -0.15) is 5.10 Å². The number of methoxy groups -OCH3 is 1. The number of nitrogens with zero attached hydrogens (tertiary/aromatic N) is 3. The topological polar surface area (TPSA) is 60.2 Å². The van der Waals surface area contributed by atoms with Crippen molar-refractivity contribution in [3.05, 3.63) is 54.0 Å². The van der Waals surface area contributed by atoms with Crippen molar-refractivity contribution in [1.82, 2.24) is 14.8 Å². The number of hydrogen-bond donors (Lipinski definition) is 1. The van der Waals surface area contributed by atoms with E-state index in [1.54, 1.807) is 24.2 Å². The van der Waals surface area contributed by atoms with Crippen LogP contribution in [-0.4, -0.2) is 27.0 Å². The lowest BCUT2D eigenvalue weighted by atomic mass is 10.0. The Morgan fingerprint density at radius 2 is 2.10 bits per heavy atom. The quantitative estimate of drug-likeness (QED) is 0.799. The molecule has 3 aromatic rings. The van der Waals surface area contributed by atoms with E-state index in [2.05, 4.69) is 10.1 Å². The van der Waals surface area contributed by atoms with Crippen LogP contribution in [0.15, 0.2) is 42.7 Å². The highest BCUT2D eigenvalue weighted by atomic mass is 16.5. The predicted molar refractivity (Wildman–Crippen MR) is 80.3 cm³/mol. The molecule has 3 rings (SSSR count). The minimum atomic E-state index is -0.810. The number of hydrogen-bond acceptors (Lipinski definition) is 4. The molecule has 0 aliphatic heterocycles. The number of benzene rings is 1. The monoisotopic (exact) mass is 283 g/mol. The van der Waals surface area contributed by atoms with Gasteiger partial charge >= 0.3 is 0 Å². The molecular weight excluding hydrogens is 266 g/mol. The average Bonchev–Trinajstić information content (AvgIpc) is 2.96. The van der Waals surface area contributed by atoms with Gasteiger partial charge < -0.3 is 9.84 Å².